The highest BCUT2D eigenvalue weighted by atomic mass is 19.1. The number of phenols is 1. The molecule has 1 N–H and O–H groups in total. The Morgan fingerprint density at radius 2 is 2.05 bits per heavy atom. The molecule has 0 radical (unpaired) electrons. The number of aromatic nitrogens is 1. The van der Waals surface area contributed by atoms with Crippen molar-refractivity contribution in [3.63, 3.8) is 0 Å². The summed E-state index contributed by atoms with van der Waals surface area (Å²) in [5.41, 5.74) is 4.42. The fourth-order valence-corrected chi connectivity index (χ4v) is 6.21. The first-order valence-electron chi connectivity index (χ1n) is 13.2. The summed E-state index contributed by atoms with van der Waals surface area (Å²) in [6.07, 6.45) is 5.61. The van der Waals surface area contributed by atoms with Gasteiger partial charge in [0.05, 0.1) is 37.4 Å². The summed E-state index contributed by atoms with van der Waals surface area (Å²) in [7, 11) is 1.16. The number of likely N-dealkylation sites (tertiary alicyclic amines) is 1. The third-order valence-corrected chi connectivity index (χ3v) is 7.90. The van der Waals surface area contributed by atoms with Crippen LogP contribution in [0.3, 0.4) is 0 Å². The third kappa shape index (κ3) is 4.98. The predicted molar refractivity (Wildman–Crippen MR) is 140 cm³/mol. The van der Waals surface area contributed by atoms with Crippen LogP contribution in [0, 0.1) is 23.6 Å². The number of rotatable bonds is 7. The summed E-state index contributed by atoms with van der Waals surface area (Å²) in [6.45, 7) is 2.37. The second-order valence-corrected chi connectivity index (χ2v) is 10.2. The first-order valence-corrected chi connectivity index (χ1v) is 13.2. The van der Waals surface area contributed by atoms with Crippen molar-refractivity contribution in [1.82, 2.24) is 9.88 Å². The topological polar surface area (TPSA) is 106 Å². The number of hydrogen-bond donors (Lipinski definition) is 1. The summed E-state index contributed by atoms with van der Waals surface area (Å²) in [5, 5.41) is 9.58. The highest BCUT2D eigenvalue weighted by Gasteiger charge is 2.58. The zero-order chi connectivity index (χ0) is 27.7. The molecule has 2 fully saturated rings. The fourth-order valence-electron chi connectivity index (χ4n) is 6.21. The van der Waals surface area contributed by atoms with Crippen LogP contribution >= 0.6 is 0 Å². The normalized spacial score (nSPS) is 24.7. The number of imide groups is 3. The average Bonchev–Trinajstić information content (AvgIpc) is 3.47. The monoisotopic (exact) mass is 534 g/mol. The number of pyridine rings is 1. The van der Waals surface area contributed by atoms with Gasteiger partial charge in [-0.25, -0.2) is 9.18 Å². The number of nitrogens with zero attached hydrogens (tertiary/aromatic N) is 2. The van der Waals surface area contributed by atoms with Crippen molar-refractivity contribution in [3.05, 3.63) is 70.8 Å². The van der Waals surface area contributed by atoms with Crippen molar-refractivity contribution < 1.29 is 33.4 Å². The van der Waals surface area contributed by atoms with Crippen LogP contribution in [-0.2, 0) is 19.1 Å². The van der Waals surface area contributed by atoms with Gasteiger partial charge in [0.25, 0.3) is 0 Å². The van der Waals surface area contributed by atoms with E-state index in [1.165, 1.54) is 12.1 Å². The molecule has 1 aromatic carbocycles. The summed E-state index contributed by atoms with van der Waals surface area (Å²) in [5.74, 6) is -3.60. The molecule has 204 valence electrons. The number of phenolic OH excluding ortho intramolecular Hbond substituents is 1. The second-order valence-electron chi connectivity index (χ2n) is 10.2. The molecule has 0 saturated carbocycles. The molecule has 1 aromatic heterocycles. The number of aromatic hydroxyl groups is 1. The number of methoxy groups -OCH3 is 1. The van der Waals surface area contributed by atoms with E-state index in [1.807, 2.05) is 24.3 Å². The zero-order valence-electron chi connectivity index (χ0n) is 21.9. The van der Waals surface area contributed by atoms with Gasteiger partial charge in [0.15, 0.2) is 11.6 Å². The van der Waals surface area contributed by atoms with E-state index in [-0.39, 0.29) is 12.0 Å². The number of carbonyl (C=O) groups excluding carboxylic acids is 3. The summed E-state index contributed by atoms with van der Waals surface area (Å²) < 4.78 is 25.0. The lowest BCUT2D eigenvalue weighted by molar-refractivity contribution is -0.137. The maximum Gasteiger partial charge on any atom is 0.423 e. The van der Waals surface area contributed by atoms with Crippen molar-refractivity contribution >= 4 is 29.6 Å². The van der Waals surface area contributed by atoms with E-state index in [2.05, 4.69) is 11.9 Å². The third-order valence-electron chi connectivity index (χ3n) is 7.90. The highest BCUT2D eigenvalue weighted by Crippen LogP contribution is 2.51. The lowest BCUT2D eigenvalue weighted by Gasteiger charge is -2.31. The Labute approximate surface area is 226 Å². The molecule has 8 nitrogen and oxygen atoms in total. The van der Waals surface area contributed by atoms with Gasteiger partial charge in [0.2, 0.25) is 11.8 Å². The van der Waals surface area contributed by atoms with Crippen LogP contribution in [0.4, 0.5) is 9.18 Å². The van der Waals surface area contributed by atoms with Gasteiger partial charge in [-0.1, -0.05) is 31.1 Å². The highest BCUT2D eigenvalue weighted by molar-refractivity contribution is 6.16. The summed E-state index contributed by atoms with van der Waals surface area (Å²) in [4.78, 5) is 43.6. The van der Waals surface area contributed by atoms with E-state index < -0.39 is 41.3 Å². The number of amides is 3. The van der Waals surface area contributed by atoms with Gasteiger partial charge in [-0.2, -0.15) is 4.90 Å². The molecule has 3 amide bonds. The van der Waals surface area contributed by atoms with Crippen LogP contribution in [0.2, 0.25) is 0 Å². The lowest BCUT2D eigenvalue weighted by atomic mass is 9.68. The Kier molecular flexibility index (Phi) is 7.61. The van der Waals surface area contributed by atoms with Crippen LogP contribution in [0.1, 0.15) is 50.3 Å². The zero-order valence-corrected chi connectivity index (χ0v) is 21.9. The fraction of sp³-hybridized carbons (Fsp3) is 0.400. The Bertz CT molecular complexity index is 1350. The minimum absolute atomic E-state index is 0.253. The maximum atomic E-state index is 14.0. The largest absolute Gasteiger partial charge is 0.505 e. The molecule has 3 aliphatic rings. The maximum absolute atomic E-state index is 14.0. The number of allylic oxidation sites excluding steroid dienone is 2. The number of carbonyl (C=O) groups is 3. The first kappa shape index (κ1) is 26.7. The van der Waals surface area contributed by atoms with Crippen LogP contribution in [0.5, 0.6) is 5.75 Å². The van der Waals surface area contributed by atoms with Crippen LogP contribution in [0.25, 0.3) is 11.6 Å². The molecule has 9 heteroatoms. The van der Waals surface area contributed by atoms with Gasteiger partial charge in [-0.05, 0) is 72.7 Å². The van der Waals surface area contributed by atoms with Crippen molar-refractivity contribution in [2.24, 2.45) is 17.8 Å². The van der Waals surface area contributed by atoms with Gasteiger partial charge < -0.3 is 14.6 Å². The number of ether oxygens (including phenoxy) is 2. The van der Waals surface area contributed by atoms with Crippen LogP contribution in [-0.4, -0.2) is 52.7 Å². The minimum Gasteiger partial charge on any atom is -0.505 e. The molecule has 3 heterocycles. The second kappa shape index (κ2) is 11.1. The molecule has 0 spiro atoms. The van der Waals surface area contributed by atoms with Crippen molar-refractivity contribution in [2.75, 3.05) is 13.7 Å². The molecule has 2 aliphatic heterocycles. The number of benzene rings is 1. The Morgan fingerprint density at radius 1 is 1.23 bits per heavy atom. The Morgan fingerprint density at radius 3 is 2.74 bits per heavy atom. The number of halogens is 1. The SMILES string of the molecule is CCCC1=C2[C@@H](CC/C(=C/c3ccc(O)c(F)c3)c3ccccn3)OC[C@@H]2[C@@H]2C(=O)N(C(=O)OC)C(=O)[C@@H]2C1. The van der Waals surface area contributed by atoms with E-state index in [0.29, 0.717) is 36.3 Å². The van der Waals surface area contributed by atoms with Gasteiger partial charge in [0.1, 0.15) is 0 Å². The first-order chi connectivity index (χ1) is 18.8. The van der Waals surface area contributed by atoms with E-state index in [0.717, 1.165) is 42.4 Å². The van der Waals surface area contributed by atoms with Crippen molar-refractivity contribution in [1.29, 1.82) is 0 Å². The van der Waals surface area contributed by atoms with Gasteiger partial charge in [-0.15, -0.1) is 0 Å². The molecule has 0 bridgehead atoms. The van der Waals surface area contributed by atoms with Crippen LogP contribution in [0.15, 0.2) is 53.7 Å². The molecule has 39 heavy (non-hydrogen) atoms. The van der Waals surface area contributed by atoms with E-state index in [1.54, 1.807) is 12.3 Å². The van der Waals surface area contributed by atoms with Crippen molar-refractivity contribution in [2.45, 2.75) is 45.1 Å². The lowest BCUT2D eigenvalue weighted by Crippen LogP contribution is -2.38. The van der Waals surface area contributed by atoms with Gasteiger partial charge >= 0.3 is 6.09 Å². The minimum atomic E-state index is -0.940. The molecule has 0 unspecified atom stereocenters. The number of hydrogen-bond acceptors (Lipinski definition) is 7. The molecular weight excluding hydrogens is 503 g/mol. The smallest absolute Gasteiger partial charge is 0.423 e. The quantitative estimate of drug-likeness (QED) is 0.388. The van der Waals surface area contributed by atoms with Crippen LogP contribution < -0.4 is 0 Å². The molecule has 2 saturated heterocycles. The molecule has 5 rings (SSSR count). The molecule has 1 aliphatic carbocycles. The van der Waals surface area contributed by atoms with E-state index in [4.69, 9.17) is 9.47 Å². The Balaban J connectivity index is 1.43. The molecular formula is C30H31FN2O6. The Hall–Kier alpha value is -3.85. The average molecular weight is 535 g/mol. The van der Waals surface area contributed by atoms with Gasteiger partial charge in [0, 0.05) is 12.1 Å². The van der Waals surface area contributed by atoms with E-state index in [9.17, 15) is 23.9 Å². The molecule has 4 atom stereocenters. The van der Waals surface area contributed by atoms with Crippen molar-refractivity contribution in [3.8, 4) is 5.75 Å². The standard InChI is InChI=1S/C30H31FN2O6/c1-3-6-19-15-20-27(29(36)33(28(20)35)30(37)38-2)21-16-39-25(26(19)21)11-9-18(23-7-4-5-12-32-23)13-17-8-10-24(34)22(31)14-17/h4-5,7-8,10,12-14,20-21,25,27,34H,3,6,9,11,15-16H2,1-2H3/b18-13-/t20-,21+,25-,27-/m1/s1. The summed E-state index contributed by atoms with van der Waals surface area (Å²) in [6, 6.07) is 9.83. The van der Waals surface area contributed by atoms with Gasteiger partial charge in [-0.3, -0.25) is 14.6 Å². The summed E-state index contributed by atoms with van der Waals surface area (Å²) >= 11 is 0. The van der Waals surface area contributed by atoms with E-state index >= 15 is 0 Å². The predicted octanol–water partition coefficient (Wildman–Crippen LogP) is 5.13. The number of fused-ring (bicyclic) bond motifs is 3. The molecule has 2 aromatic rings.